The minimum atomic E-state index is -0.0693. The smallest absolute Gasteiger partial charge is 0.0543 e. The minimum absolute atomic E-state index is 0.0448. The van der Waals surface area contributed by atoms with Crippen molar-refractivity contribution in [2.75, 3.05) is 4.90 Å². The summed E-state index contributed by atoms with van der Waals surface area (Å²) in [6.45, 7) is 9.87. The highest BCUT2D eigenvalue weighted by atomic mass is 15.1. The van der Waals surface area contributed by atoms with Crippen molar-refractivity contribution in [2.45, 2.75) is 64.2 Å². The molecule has 4 aliphatic rings. The maximum Gasteiger partial charge on any atom is 0.0543 e. The van der Waals surface area contributed by atoms with E-state index >= 15 is 0 Å². The molecule has 2 fully saturated rings. The standard InChI is InChI=1S/C50H47N/c1-32-27-34-29-33(2)50(37(28-32)30-34)44-18-11-8-15-40(44)41-26-25-39(31-46(41)50)51(38-23-21-36(22-24-38)35-13-6-5-7-14-35)47-20-12-19-45-48(47)42-16-9-10-17-43(42)49(45,3)4/h5-26,31-34,37H,27-30H2,1-4H3. The molecule has 10 rings (SSSR count). The van der Waals surface area contributed by atoms with Gasteiger partial charge in [0.2, 0.25) is 0 Å². The van der Waals surface area contributed by atoms with E-state index in [1.165, 1.54) is 87.3 Å². The molecule has 4 aliphatic carbocycles. The Morgan fingerprint density at radius 1 is 0.510 bits per heavy atom. The molecule has 5 atom stereocenters. The van der Waals surface area contributed by atoms with Crippen LogP contribution in [0.2, 0.25) is 0 Å². The highest BCUT2D eigenvalue weighted by Crippen LogP contribution is 2.65. The van der Waals surface area contributed by atoms with Crippen LogP contribution in [0.5, 0.6) is 0 Å². The Morgan fingerprint density at radius 3 is 1.96 bits per heavy atom. The topological polar surface area (TPSA) is 3.24 Å². The number of rotatable bonds is 4. The average molecular weight is 662 g/mol. The Balaban J connectivity index is 1.21. The van der Waals surface area contributed by atoms with Crippen molar-refractivity contribution in [1.82, 2.24) is 0 Å². The Labute approximate surface area is 304 Å². The van der Waals surface area contributed by atoms with E-state index in [1.54, 1.807) is 11.1 Å². The van der Waals surface area contributed by atoms with Gasteiger partial charge in [0.25, 0.3) is 0 Å². The molecule has 51 heavy (non-hydrogen) atoms. The second-order valence-electron chi connectivity index (χ2n) is 16.8. The molecule has 0 aromatic heterocycles. The average Bonchev–Trinajstić information content (AvgIpc) is 3.58. The predicted molar refractivity (Wildman–Crippen MR) is 214 cm³/mol. The molecule has 5 unspecified atom stereocenters. The summed E-state index contributed by atoms with van der Waals surface area (Å²) in [6.07, 6.45) is 5.40. The van der Waals surface area contributed by atoms with Gasteiger partial charge < -0.3 is 4.90 Å². The molecule has 2 saturated carbocycles. The molecule has 0 N–H and O–H groups in total. The number of hydrogen-bond donors (Lipinski definition) is 0. The summed E-state index contributed by atoms with van der Waals surface area (Å²) in [5.74, 6) is 2.90. The normalized spacial score (nSPS) is 24.8. The van der Waals surface area contributed by atoms with Gasteiger partial charge in [0.1, 0.15) is 0 Å². The number of hydrogen-bond acceptors (Lipinski definition) is 1. The van der Waals surface area contributed by atoms with E-state index < -0.39 is 0 Å². The molecule has 6 aromatic rings. The zero-order valence-electron chi connectivity index (χ0n) is 30.4. The van der Waals surface area contributed by atoms with Crippen LogP contribution in [-0.2, 0) is 10.8 Å². The van der Waals surface area contributed by atoms with Gasteiger partial charge in [-0.15, -0.1) is 0 Å². The summed E-state index contributed by atoms with van der Waals surface area (Å²) in [7, 11) is 0. The first-order chi connectivity index (χ1) is 24.9. The first kappa shape index (κ1) is 30.9. The van der Waals surface area contributed by atoms with Gasteiger partial charge in [-0.25, -0.2) is 0 Å². The zero-order chi connectivity index (χ0) is 34.5. The maximum atomic E-state index is 2.63. The SMILES string of the molecule is CC1CC2CC(C)C3(c4ccccc4-c4ccc(N(c5ccc(-c6ccccc6)cc5)c5cccc6c5-c5ccccc5C6(C)C)cc43)C(C1)C2. The fraction of sp³-hybridized carbons (Fsp3) is 0.280. The molecule has 1 heteroatoms. The summed E-state index contributed by atoms with van der Waals surface area (Å²) < 4.78 is 0. The Kier molecular flexibility index (Phi) is 6.85. The predicted octanol–water partition coefficient (Wildman–Crippen LogP) is 13.5. The molecule has 0 heterocycles. The van der Waals surface area contributed by atoms with E-state index in [0.29, 0.717) is 11.8 Å². The van der Waals surface area contributed by atoms with E-state index in [2.05, 4.69) is 172 Å². The molecule has 0 saturated heterocycles. The summed E-state index contributed by atoms with van der Waals surface area (Å²) >= 11 is 0. The molecule has 252 valence electrons. The summed E-state index contributed by atoms with van der Waals surface area (Å²) in [5.41, 5.74) is 17.7. The zero-order valence-corrected chi connectivity index (χ0v) is 30.4. The molecule has 0 aliphatic heterocycles. The van der Waals surface area contributed by atoms with E-state index in [1.807, 2.05) is 0 Å². The van der Waals surface area contributed by atoms with Gasteiger partial charge in [0.05, 0.1) is 5.69 Å². The van der Waals surface area contributed by atoms with Gasteiger partial charge in [-0.3, -0.25) is 0 Å². The summed E-state index contributed by atoms with van der Waals surface area (Å²) in [4.78, 5) is 2.57. The van der Waals surface area contributed by atoms with Gasteiger partial charge >= 0.3 is 0 Å². The van der Waals surface area contributed by atoms with Crippen molar-refractivity contribution in [1.29, 1.82) is 0 Å². The quantitative estimate of drug-likeness (QED) is 0.182. The van der Waals surface area contributed by atoms with Crippen LogP contribution in [0.25, 0.3) is 33.4 Å². The number of nitrogens with zero attached hydrogens (tertiary/aromatic N) is 1. The van der Waals surface area contributed by atoms with Crippen molar-refractivity contribution in [3.05, 3.63) is 162 Å². The molecule has 1 spiro atoms. The molecular formula is C50H47N. The van der Waals surface area contributed by atoms with Crippen LogP contribution >= 0.6 is 0 Å². The van der Waals surface area contributed by atoms with Crippen molar-refractivity contribution in [3.8, 4) is 33.4 Å². The van der Waals surface area contributed by atoms with Crippen LogP contribution < -0.4 is 4.90 Å². The van der Waals surface area contributed by atoms with Crippen molar-refractivity contribution < 1.29 is 0 Å². The second kappa shape index (κ2) is 11.3. The van der Waals surface area contributed by atoms with E-state index in [9.17, 15) is 0 Å². The Bertz CT molecular complexity index is 2290. The van der Waals surface area contributed by atoms with Crippen LogP contribution in [0.4, 0.5) is 17.1 Å². The van der Waals surface area contributed by atoms with Crippen molar-refractivity contribution in [2.24, 2.45) is 23.7 Å². The van der Waals surface area contributed by atoms with Crippen LogP contribution in [0, 0.1) is 23.7 Å². The molecular weight excluding hydrogens is 615 g/mol. The molecule has 1 nitrogen and oxygen atoms in total. The van der Waals surface area contributed by atoms with E-state index in [0.717, 1.165) is 11.8 Å². The van der Waals surface area contributed by atoms with Crippen LogP contribution in [0.3, 0.4) is 0 Å². The van der Waals surface area contributed by atoms with Crippen LogP contribution in [0.15, 0.2) is 140 Å². The molecule has 0 amide bonds. The molecule has 2 bridgehead atoms. The highest BCUT2D eigenvalue weighted by Gasteiger charge is 2.56. The summed E-state index contributed by atoms with van der Waals surface area (Å²) in [5, 5.41) is 0. The number of benzene rings is 6. The lowest BCUT2D eigenvalue weighted by Gasteiger charge is -2.54. The van der Waals surface area contributed by atoms with Crippen LogP contribution in [-0.4, -0.2) is 0 Å². The first-order valence-electron chi connectivity index (χ1n) is 19.3. The number of anilines is 3. The van der Waals surface area contributed by atoms with E-state index in [4.69, 9.17) is 0 Å². The molecule has 0 radical (unpaired) electrons. The fourth-order valence-corrected chi connectivity index (χ4v) is 11.6. The highest BCUT2D eigenvalue weighted by molar-refractivity contribution is 5.96. The lowest BCUT2D eigenvalue weighted by Crippen LogP contribution is -2.49. The minimum Gasteiger partial charge on any atom is -0.310 e. The van der Waals surface area contributed by atoms with E-state index in [-0.39, 0.29) is 10.8 Å². The lowest BCUT2D eigenvalue weighted by molar-refractivity contribution is 0.0426. The van der Waals surface area contributed by atoms with Gasteiger partial charge in [-0.05, 0) is 130 Å². The number of fused-ring (bicyclic) bond motifs is 11. The summed E-state index contributed by atoms with van der Waals surface area (Å²) in [6, 6.07) is 53.0. The lowest BCUT2D eigenvalue weighted by atomic mass is 9.49. The Morgan fingerprint density at radius 2 is 1.16 bits per heavy atom. The fourth-order valence-electron chi connectivity index (χ4n) is 11.6. The van der Waals surface area contributed by atoms with Crippen LogP contribution in [0.1, 0.15) is 75.6 Å². The third-order valence-corrected chi connectivity index (χ3v) is 13.6. The van der Waals surface area contributed by atoms with Gasteiger partial charge in [0, 0.05) is 27.8 Å². The molecule has 6 aromatic carbocycles. The van der Waals surface area contributed by atoms with Crippen molar-refractivity contribution in [3.63, 3.8) is 0 Å². The van der Waals surface area contributed by atoms with Crippen molar-refractivity contribution >= 4 is 17.1 Å². The van der Waals surface area contributed by atoms with Gasteiger partial charge in [-0.2, -0.15) is 0 Å². The third kappa shape index (κ3) is 4.40. The third-order valence-electron chi connectivity index (χ3n) is 13.6. The second-order valence-corrected chi connectivity index (χ2v) is 16.8. The first-order valence-corrected chi connectivity index (χ1v) is 19.3. The monoisotopic (exact) mass is 661 g/mol. The Hall–Kier alpha value is -4.88. The largest absolute Gasteiger partial charge is 0.310 e. The van der Waals surface area contributed by atoms with Gasteiger partial charge in [-0.1, -0.05) is 137 Å². The maximum absolute atomic E-state index is 2.63. The van der Waals surface area contributed by atoms with Gasteiger partial charge in [0.15, 0.2) is 0 Å².